The molecule has 0 saturated carbocycles. The molecule has 1 aliphatic rings. The van der Waals surface area contributed by atoms with Gasteiger partial charge < -0.3 is 14.4 Å². The highest BCUT2D eigenvalue weighted by Gasteiger charge is 2.32. The summed E-state index contributed by atoms with van der Waals surface area (Å²) >= 11 is 0. The van der Waals surface area contributed by atoms with Crippen LogP contribution < -0.4 is 0 Å². The van der Waals surface area contributed by atoms with E-state index in [1.165, 1.54) is 28.6 Å². The number of carbonyl (C=O) groups is 2. The molecule has 9 heteroatoms. The third kappa shape index (κ3) is 5.30. The number of esters is 1. The summed E-state index contributed by atoms with van der Waals surface area (Å²) in [6.45, 7) is 8.48. The summed E-state index contributed by atoms with van der Waals surface area (Å²) in [4.78, 5) is 25.8. The van der Waals surface area contributed by atoms with Gasteiger partial charge in [-0.15, -0.1) is 0 Å². The van der Waals surface area contributed by atoms with Crippen LogP contribution in [0.25, 0.3) is 0 Å². The first kappa shape index (κ1) is 22.3. The zero-order valence-electron chi connectivity index (χ0n) is 16.8. The number of amides is 1. The summed E-state index contributed by atoms with van der Waals surface area (Å²) in [6, 6.07) is 5.68. The van der Waals surface area contributed by atoms with E-state index < -0.39 is 16.0 Å². The van der Waals surface area contributed by atoms with E-state index in [1.54, 1.807) is 4.90 Å². The van der Waals surface area contributed by atoms with E-state index in [0.717, 1.165) is 0 Å². The van der Waals surface area contributed by atoms with Gasteiger partial charge in [-0.05, 0) is 45.9 Å². The topological polar surface area (TPSA) is 93.2 Å². The molecule has 28 heavy (non-hydrogen) atoms. The normalized spacial score (nSPS) is 20.6. The molecule has 1 saturated heterocycles. The largest absolute Gasteiger partial charge is 0.452 e. The van der Waals surface area contributed by atoms with Crippen molar-refractivity contribution in [2.45, 2.75) is 44.8 Å². The van der Waals surface area contributed by atoms with Crippen LogP contribution in [0.2, 0.25) is 0 Å². The van der Waals surface area contributed by atoms with Crippen LogP contribution in [0.4, 0.5) is 0 Å². The maximum Gasteiger partial charge on any atom is 0.338 e. The Morgan fingerprint density at radius 1 is 1.18 bits per heavy atom. The fourth-order valence-corrected chi connectivity index (χ4v) is 4.77. The Morgan fingerprint density at radius 3 is 2.36 bits per heavy atom. The molecule has 1 aliphatic heterocycles. The summed E-state index contributed by atoms with van der Waals surface area (Å²) < 4.78 is 37.9. The van der Waals surface area contributed by atoms with E-state index >= 15 is 0 Å². The molecule has 0 radical (unpaired) electrons. The molecule has 0 aliphatic carbocycles. The Kier molecular flexibility index (Phi) is 7.56. The Labute approximate surface area is 166 Å². The summed E-state index contributed by atoms with van der Waals surface area (Å²) in [5.41, 5.74) is 0.0859. The highest BCUT2D eigenvalue weighted by Crippen LogP contribution is 2.22. The molecule has 0 bridgehead atoms. The van der Waals surface area contributed by atoms with Crippen molar-refractivity contribution in [1.82, 2.24) is 9.21 Å². The van der Waals surface area contributed by atoms with E-state index in [9.17, 15) is 18.0 Å². The molecule has 0 N–H and O–H groups in total. The second-order valence-electron chi connectivity index (χ2n) is 6.75. The lowest BCUT2D eigenvalue weighted by Crippen LogP contribution is -2.48. The van der Waals surface area contributed by atoms with Gasteiger partial charge in [0.1, 0.15) is 0 Å². The van der Waals surface area contributed by atoms with Crippen LogP contribution in [0.5, 0.6) is 0 Å². The first-order chi connectivity index (χ1) is 13.2. The number of carbonyl (C=O) groups excluding carboxylic acids is 2. The number of benzene rings is 1. The van der Waals surface area contributed by atoms with Crippen molar-refractivity contribution in [2.24, 2.45) is 0 Å². The third-order valence-corrected chi connectivity index (χ3v) is 6.36. The lowest BCUT2D eigenvalue weighted by atomic mass is 10.2. The molecular formula is C19H28N2O6S. The van der Waals surface area contributed by atoms with Gasteiger partial charge in [-0.3, -0.25) is 4.79 Å². The van der Waals surface area contributed by atoms with Gasteiger partial charge in [-0.25, -0.2) is 13.2 Å². The fraction of sp³-hybridized carbons (Fsp3) is 0.579. The predicted octanol–water partition coefficient (Wildman–Crippen LogP) is 1.51. The molecule has 1 aromatic rings. The number of sulfonamides is 1. The van der Waals surface area contributed by atoms with E-state index in [2.05, 4.69) is 0 Å². The molecule has 1 fully saturated rings. The Morgan fingerprint density at radius 2 is 1.79 bits per heavy atom. The van der Waals surface area contributed by atoms with Crippen molar-refractivity contribution in [3.8, 4) is 0 Å². The number of likely N-dealkylation sites (N-methyl/N-ethyl adjacent to an activating group) is 1. The van der Waals surface area contributed by atoms with Gasteiger partial charge >= 0.3 is 5.97 Å². The molecule has 1 aromatic carbocycles. The smallest absolute Gasteiger partial charge is 0.338 e. The van der Waals surface area contributed by atoms with Crippen molar-refractivity contribution in [2.75, 3.05) is 32.8 Å². The first-order valence-electron chi connectivity index (χ1n) is 9.39. The van der Waals surface area contributed by atoms with Crippen molar-refractivity contribution in [3.05, 3.63) is 29.8 Å². The van der Waals surface area contributed by atoms with Crippen LogP contribution in [0.3, 0.4) is 0 Å². The van der Waals surface area contributed by atoms with Crippen LogP contribution in [0, 0.1) is 0 Å². The van der Waals surface area contributed by atoms with Crippen molar-refractivity contribution < 1.29 is 27.5 Å². The van der Waals surface area contributed by atoms with Crippen LogP contribution in [0.1, 0.15) is 38.1 Å². The van der Waals surface area contributed by atoms with Gasteiger partial charge in [0.2, 0.25) is 10.0 Å². The van der Waals surface area contributed by atoms with Gasteiger partial charge in [-0.1, -0.05) is 6.07 Å². The molecule has 1 amide bonds. The molecular weight excluding hydrogens is 384 g/mol. The van der Waals surface area contributed by atoms with Gasteiger partial charge in [0.05, 0.1) is 22.7 Å². The Bertz CT molecular complexity index is 796. The molecule has 156 valence electrons. The highest BCUT2D eigenvalue weighted by molar-refractivity contribution is 7.89. The molecule has 2 rings (SSSR count). The van der Waals surface area contributed by atoms with E-state index in [1.807, 2.05) is 27.7 Å². The maximum atomic E-state index is 12.9. The van der Waals surface area contributed by atoms with Crippen LogP contribution in [0.15, 0.2) is 29.2 Å². The number of nitrogens with zero attached hydrogens (tertiary/aromatic N) is 2. The second-order valence-corrected chi connectivity index (χ2v) is 8.69. The second kappa shape index (κ2) is 9.49. The van der Waals surface area contributed by atoms with Gasteiger partial charge in [0.25, 0.3) is 5.91 Å². The van der Waals surface area contributed by atoms with Crippen molar-refractivity contribution in [3.63, 3.8) is 0 Å². The molecule has 8 nitrogen and oxygen atoms in total. The van der Waals surface area contributed by atoms with Crippen molar-refractivity contribution in [1.29, 1.82) is 0 Å². The van der Waals surface area contributed by atoms with Gasteiger partial charge in [-0.2, -0.15) is 4.31 Å². The summed E-state index contributed by atoms with van der Waals surface area (Å²) in [5.74, 6) is -1.03. The average molecular weight is 413 g/mol. The number of morpholine rings is 1. The van der Waals surface area contributed by atoms with E-state index in [0.29, 0.717) is 13.1 Å². The Balaban J connectivity index is 2.12. The standard InChI is InChI=1S/C19H28N2O6S/c1-5-20(6-2)18(22)13-26-19(23)16-8-7-9-17(10-16)28(24,25)21-11-14(3)27-15(4)12-21/h7-10,14-15H,5-6,11-13H2,1-4H3/t14-,15-/m1/s1. The molecule has 1 heterocycles. The zero-order valence-corrected chi connectivity index (χ0v) is 17.6. The summed E-state index contributed by atoms with van der Waals surface area (Å²) in [7, 11) is -3.77. The molecule has 0 aromatic heterocycles. The molecule has 0 spiro atoms. The minimum atomic E-state index is -3.77. The van der Waals surface area contributed by atoms with Crippen LogP contribution in [-0.2, 0) is 24.3 Å². The minimum Gasteiger partial charge on any atom is -0.452 e. The number of hydrogen-bond acceptors (Lipinski definition) is 6. The molecule has 2 atom stereocenters. The lowest BCUT2D eigenvalue weighted by molar-refractivity contribution is -0.134. The van der Waals surface area contributed by atoms with Crippen LogP contribution >= 0.6 is 0 Å². The highest BCUT2D eigenvalue weighted by atomic mass is 32.2. The number of ether oxygens (including phenoxy) is 2. The van der Waals surface area contributed by atoms with E-state index in [-0.39, 0.29) is 48.3 Å². The van der Waals surface area contributed by atoms with Gasteiger partial charge in [0.15, 0.2) is 6.61 Å². The quantitative estimate of drug-likeness (QED) is 0.630. The van der Waals surface area contributed by atoms with Crippen molar-refractivity contribution >= 4 is 21.9 Å². The summed E-state index contributed by atoms with van der Waals surface area (Å²) in [6.07, 6.45) is -0.421. The maximum absolute atomic E-state index is 12.9. The first-order valence-corrected chi connectivity index (χ1v) is 10.8. The minimum absolute atomic E-state index is 0.0123. The van der Waals surface area contributed by atoms with E-state index in [4.69, 9.17) is 9.47 Å². The lowest BCUT2D eigenvalue weighted by Gasteiger charge is -2.34. The SMILES string of the molecule is CCN(CC)C(=O)COC(=O)c1cccc(S(=O)(=O)N2C[C@@H](C)O[C@H](C)C2)c1. The van der Waals surface area contributed by atoms with Crippen LogP contribution in [-0.4, -0.2) is 74.5 Å². The van der Waals surface area contributed by atoms with Gasteiger partial charge in [0, 0.05) is 26.2 Å². The monoisotopic (exact) mass is 412 g/mol. The third-order valence-electron chi connectivity index (χ3n) is 4.54. The zero-order chi connectivity index (χ0) is 20.9. The average Bonchev–Trinajstić information content (AvgIpc) is 2.66. The number of hydrogen-bond donors (Lipinski definition) is 0. The Hall–Kier alpha value is -1.97. The number of rotatable bonds is 7. The molecule has 0 unspecified atom stereocenters. The predicted molar refractivity (Wildman–Crippen MR) is 103 cm³/mol. The summed E-state index contributed by atoms with van der Waals surface area (Å²) in [5, 5.41) is 0. The fourth-order valence-electron chi connectivity index (χ4n) is 3.14.